The second kappa shape index (κ2) is 8.70. The third-order valence-corrected chi connectivity index (χ3v) is 4.81. The van der Waals surface area contributed by atoms with Crippen LogP contribution in [-0.2, 0) is 12.8 Å². The second-order valence-corrected chi connectivity index (χ2v) is 6.52. The van der Waals surface area contributed by atoms with E-state index in [-0.39, 0.29) is 5.91 Å². The lowest BCUT2D eigenvalue weighted by Crippen LogP contribution is -2.30. The number of aryl methyl sites for hydroxylation is 1. The molecule has 25 heavy (non-hydrogen) atoms. The third kappa shape index (κ3) is 4.41. The van der Waals surface area contributed by atoms with Crippen LogP contribution >= 0.6 is 0 Å². The van der Waals surface area contributed by atoms with Crippen LogP contribution in [0.4, 0.5) is 5.69 Å². The average molecular weight is 341 g/mol. The molecular formula is C20H27N3O2. The highest BCUT2D eigenvalue weighted by atomic mass is 16.5. The van der Waals surface area contributed by atoms with Gasteiger partial charge in [0.05, 0.1) is 0 Å². The fourth-order valence-electron chi connectivity index (χ4n) is 3.40. The van der Waals surface area contributed by atoms with E-state index in [9.17, 15) is 4.79 Å². The lowest BCUT2D eigenvalue weighted by Gasteiger charge is -2.23. The highest BCUT2D eigenvalue weighted by Crippen LogP contribution is 2.23. The molecule has 1 heterocycles. The zero-order valence-corrected chi connectivity index (χ0v) is 15.0. The van der Waals surface area contributed by atoms with Crippen LogP contribution in [0.5, 0.6) is 0 Å². The maximum absolute atomic E-state index is 12.4. The van der Waals surface area contributed by atoms with Crippen LogP contribution < -0.4 is 10.2 Å². The Kier molecular flexibility index (Phi) is 6.09. The number of hydrogen-bond donors (Lipinski definition) is 1. The first-order valence-electron chi connectivity index (χ1n) is 9.35. The molecule has 5 heteroatoms. The molecule has 1 N–H and O–H groups in total. The fraction of sp³-hybridized carbons (Fsp3) is 0.500. The van der Waals surface area contributed by atoms with E-state index >= 15 is 0 Å². The topological polar surface area (TPSA) is 58.4 Å². The molecule has 0 saturated carbocycles. The molecule has 3 rings (SSSR count). The predicted molar refractivity (Wildman–Crippen MR) is 99.0 cm³/mol. The number of benzene rings is 1. The minimum atomic E-state index is -0.102. The molecular weight excluding hydrogens is 314 g/mol. The third-order valence-electron chi connectivity index (χ3n) is 4.81. The number of nitrogens with zero attached hydrogens (tertiary/aromatic N) is 2. The summed E-state index contributed by atoms with van der Waals surface area (Å²) in [4.78, 5) is 14.7. The highest BCUT2D eigenvalue weighted by molar-refractivity contribution is 5.93. The molecule has 0 radical (unpaired) electrons. The van der Waals surface area contributed by atoms with Gasteiger partial charge in [-0.25, -0.2) is 0 Å². The Morgan fingerprint density at radius 2 is 2.00 bits per heavy atom. The van der Waals surface area contributed by atoms with Crippen LogP contribution in [0.2, 0.25) is 0 Å². The second-order valence-electron chi connectivity index (χ2n) is 6.52. The van der Waals surface area contributed by atoms with Gasteiger partial charge in [0.2, 0.25) is 0 Å². The molecule has 134 valence electrons. The molecule has 1 aliphatic rings. The smallest absolute Gasteiger partial charge is 0.273 e. The number of para-hydroxylation sites is 1. The minimum Gasteiger partial charge on any atom is -0.372 e. The molecule has 0 bridgehead atoms. The zero-order valence-electron chi connectivity index (χ0n) is 15.0. The molecule has 1 aromatic carbocycles. The summed E-state index contributed by atoms with van der Waals surface area (Å²) in [5.74, 6) is 0.804. The summed E-state index contributed by atoms with van der Waals surface area (Å²) < 4.78 is 5.39. The van der Waals surface area contributed by atoms with E-state index in [2.05, 4.69) is 46.6 Å². The van der Waals surface area contributed by atoms with Gasteiger partial charge in [-0.1, -0.05) is 29.8 Å². The number of rotatable bonds is 7. The van der Waals surface area contributed by atoms with Crippen molar-refractivity contribution in [2.45, 2.75) is 45.4 Å². The van der Waals surface area contributed by atoms with Crippen LogP contribution in [0.15, 0.2) is 34.9 Å². The van der Waals surface area contributed by atoms with Gasteiger partial charge >= 0.3 is 0 Å². The Labute approximate surface area is 149 Å². The number of carbonyl (C=O) groups is 1. The van der Waals surface area contributed by atoms with Crippen molar-refractivity contribution in [3.63, 3.8) is 0 Å². The average Bonchev–Trinajstić information content (AvgIpc) is 2.91. The van der Waals surface area contributed by atoms with E-state index in [1.165, 1.54) is 12.1 Å². The maximum atomic E-state index is 12.4. The summed E-state index contributed by atoms with van der Waals surface area (Å²) >= 11 is 0. The van der Waals surface area contributed by atoms with Gasteiger partial charge in [0.15, 0.2) is 5.69 Å². The Morgan fingerprint density at radius 1 is 1.20 bits per heavy atom. The predicted octanol–water partition coefficient (Wildman–Crippen LogP) is 3.59. The minimum absolute atomic E-state index is 0.102. The van der Waals surface area contributed by atoms with E-state index in [4.69, 9.17) is 4.52 Å². The van der Waals surface area contributed by atoms with E-state index in [1.807, 2.05) is 6.07 Å². The fourth-order valence-corrected chi connectivity index (χ4v) is 3.40. The van der Waals surface area contributed by atoms with Gasteiger partial charge in [-0.2, -0.15) is 0 Å². The van der Waals surface area contributed by atoms with Gasteiger partial charge in [0.25, 0.3) is 5.91 Å². The van der Waals surface area contributed by atoms with Crippen molar-refractivity contribution >= 4 is 11.6 Å². The molecule has 1 amide bonds. The lowest BCUT2D eigenvalue weighted by molar-refractivity contribution is 0.0943. The van der Waals surface area contributed by atoms with Crippen molar-refractivity contribution in [2.75, 3.05) is 24.5 Å². The van der Waals surface area contributed by atoms with Crippen LogP contribution in [0.1, 0.15) is 54.4 Å². The number of nitrogens with one attached hydrogen (secondary N) is 1. The Balaban J connectivity index is 1.49. The maximum Gasteiger partial charge on any atom is 0.273 e. The first kappa shape index (κ1) is 17.5. The van der Waals surface area contributed by atoms with Crippen molar-refractivity contribution in [3.05, 3.63) is 47.3 Å². The Bertz CT molecular complexity index is 682. The van der Waals surface area contributed by atoms with Crippen molar-refractivity contribution in [3.8, 4) is 0 Å². The Hall–Kier alpha value is -2.30. The Morgan fingerprint density at radius 3 is 2.80 bits per heavy atom. The largest absolute Gasteiger partial charge is 0.372 e. The summed E-state index contributed by atoms with van der Waals surface area (Å²) in [5, 5.41) is 7.02. The van der Waals surface area contributed by atoms with Gasteiger partial charge in [-0.3, -0.25) is 4.79 Å². The summed E-state index contributed by atoms with van der Waals surface area (Å²) in [5.41, 5.74) is 2.74. The van der Waals surface area contributed by atoms with E-state index < -0.39 is 0 Å². The van der Waals surface area contributed by atoms with Gasteiger partial charge < -0.3 is 14.7 Å². The van der Waals surface area contributed by atoms with Gasteiger partial charge in [-0.15, -0.1) is 0 Å². The highest BCUT2D eigenvalue weighted by Gasteiger charge is 2.22. The molecule has 1 aliphatic carbocycles. The van der Waals surface area contributed by atoms with E-state index in [0.717, 1.165) is 56.5 Å². The molecule has 2 aromatic rings. The molecule has 5 nitrogen and oxygen atoms in total. The van der Waals surface area contributed by atoms with Crippen LogP contribution in [0.25, 0.3) is 0 Å². The molecule has 0 saturated heterocycles. The van der Waals surface area contributed by atoms with Crippen molar-refractivity contribution in [1.82, 2.24) is 10.5 Å². The number of aromatic nitrogens is 1. The monoisotopic (exact) mass is 341 g/mol. The van der Waals surface area contributed by atoms with Crippen molar-refractivity contribution in [1.29, 1.82) is 0 Å². The van der Waals surface area contributed by atoms with Crippen LogP contribution in [-0.4, -0.2) is 30.7 Å². The molecule has 0 fully saturated rings. The van der Waals surface area contributed by atoms with Gasteiger partial charge in [0.1, 0.15) is 5.76 Å². The summed E-state index contributed by atoms with van der Waals surface area (Å²) in [6.07, 6.45) is 6.12. The first-order valence-corrected chi connectivity index (χ1v) is 9.35. The van der Waals surface area contributed by atoms with Crippen LogP contribution in [0, 0.1) is 0 Å². The number of fused-ring (bicyclic) bond motifs is 1. The van der Waals surface area contributed by atoms with Gasteiger partial charge in [0, 0.05) is 37.3 Å². The molecule has 0 unspecified atom stereocenters. The summed E-state index contributed by atoms with van der Waals surface area (Å²) in [6.45, 7) is 4.66. The molecule has 1 aromatic heterocycles. The van der Waals surface area contributed by atoms with E-state index in [1.54, 1.807) is 0 Å². The SMILES string of the molecule is CCN(CCCNC(=O)c1noc2c1CCCCC2)c1ccccc1. The molecule has 0 aliphatic heterocycles. The summed E-state index contributed by atoms with van der Waals surface area (Å²) in [7, 11) is 0. The quantitative estimate of drug-likeness (QED) is 0.618. The first-order chi connectivity index (χ1) is 12.3. The normalized spacial score (nSPS) is 13.8. The molecule has 0 atom stereocenters. The van der Waals surface area contributed by atoms with Crippen LogP contribution in [0.3, 0.4) is 0 Å². The summed E-state index contributed by atoms with van der Waals surface area (Å²) in [6, 6.07) is 10.4. The standard InChI is InChI=1S/C20H27N3O2/c1-2-23(16-10-5-3-6-11-16)15-9-14-21-20(24)19-17-12-7-4-8-13-18(17)25-22-19/h3,5-6,10-11H,2,4,7-9,12-15H2,1H3,(H,21,24). The van der Waals surface area contributed by atoms with Crippen molar-refractivity contribution < 1.29 is 9.32 Å². The van der Waals surface area contributed by atoms with Gasteiger partial charge in [-0.05, 0) is 44.7 Å². The van der Waals surface area contributed by atoms with Crippen molar-refractivity contribution in [2.24, 2.45) is 0 Å². The number of hydrogen-bond acceptors (Lipinski definition) is 4. The number of anilines is 1. The zero-order chi connectivity index (χ0) is 17.5. The number of amides is 1. The van der Waals surface area contributed by atoms with E-state index in [0.29, 0.717) is 12.2 Å². The lowest BCUT2D eigenvalue weighted by atomic mass is 10.1. The number of carbonyl (C=O) groups excluding carboxylic acids is 1. The molecule has 0 spiro atoms.